The molecule has 1 fully saturated rings. The first kappa shape index (κ1) is 13.1. The van der Waals surface area contributed by atoms with Crippen molar-refractivity contribution >= 4 is 5.69 Å². The van der Waals surface area contributed by atoms with E-state index in [1.165, 1.54) is 12.5 Å². The van der Waals surface area contributed by atoms with Crippen LogP contribution >= 0.6 is 0 Å². The van der Waals surface area contributed by atoms with Crippen molar-refractivity contribution in [2.24, 2.45) is 0 Å². The van der Waals surface area contributed by atoms with Gasteiger partial charge in [-0.15, -0.1) is 0 Å². The number of nitrogens with zero attached hydrogens (tertiary/aromatic N) is 3. The van der Waals surface area contributed by atoms with Gasteiger partial charge in [-0.2, -0.15) is 0 Å². The van der Waals surface area contributed by atoms with Gasteiger partial charge < -0.3 is 15.2 Å². The van der Waals surface area contributed by atoms with E-state index in [2.05, 4.69) is 23.9 Å². The third kappa shape index (κ3) is 3.11. The Labute approximate surface area is 108 Å². The zero-order valence-electron chi connectivity index (χ0n) is 11.2. The fraction of sp³-hybridized carbons (Fsp3) is 0.615. The largest absolute Gasteiger partial charge is 0.398 e. The summed E-state index contributed by atoms with van der Waals surface area (Å²) in [5.41, 5.74) is 6.35. The van der Waals surface area contributed by atoms with Crippen molar-refractivity contribution in [2.45, 2.75) is 19.0 Å². The van der Waals surface area contributed by atoms with E-state index in [9.17, 15) is 4.79 Å². The molecule has 2 rings (SSSR count). The SMILES string of the molecule is CN(C)C1CCN(CCn2cc(N)ccc2=O)C1. The molecule has 0 saturated carbocycles. The Morgan fingerprint density at radius 3 is 2.83 bits per heavy atom. The Bertz CT molecular complexity index is 455. The number of likely N-dealkylation sites (tertiary alicyclic amines) is 1. The van der Waals surface area contributed by atoms with Gasteiger partial charge in [-0.1, -0.05) is 0 Å². The van der Waals surface area contributed by atoms with Crippen molar-refractivity contribution in [1.82, 2.24) is 14.4 Å². The minimum absolute atomic E-state index is 0.0209. The first-order valence-electron chi connectivity index (χ1n) is 6.41. The molecular formula is C13H22N4O. The summed E-state index contributed by atoms with van der Waals surface area (Å²) < 4.78 is 1.69. The number of nitrogens with two attached hydrogens (primary N) is 1. The molecule has 5 nitrogen and oxygen atoms in total. The summed E-state index contributed by atoms with van der Waals surface area (Å²) in [6.07, 6.45) is 2.93. The van der Waals surface area contributed by atoms with E-state index >= 15 is 0 Å². The molecule has 0 bridgehead atoms. The molecule has 2 heterocycles. The van der Waals surface area contributed by atoms with Gasteiger partial charge in [0.25, 0.3) is 5.56 Å². The molecule has 1 unspecified atom stereocenters. The quantitative estimate of drug-likeness (QED) is 0.821. The Balaban J connectivity index is 1.89. The van der Waals surface area contributed by atoms with E-state index < -0.39 is 0 Å². The van der Waals surface area contributed by atoms with Gasteiger partial charge in [0.15, 0.2) is 0 Å². The molecule has 1 saturated heterocycles. The van der Waals surface area contributed by atoms with Crippen LogP contribution in [0.2, 0.25) is 0 Å². The van der Waals surface area contributed by atoms with Gasteiger partial charge in [-0.3, -0.25) is 9.69 Å². The lowest BCUT2D eigenvalue weighted by atomic mass is 10.2. The van der Waals surface area contributed by atoms with E-state index in [1.54, 1.807) is 16.8 Å². The third-order valence-corrected chi connectivity index (χ3v) is 3.64. The van der Waals surface area contributed by atoms with E-state index in [4.69, 9.17) is 5.73 Å². The molecule has 1 atom stereocenters. The molecule has 0 amide bonds. The number of likely N-dealkylation sites (N-methyl/N-ethyl adjacent to an activating group) is 1. The highest BCUT2D eigenvalue weighted by atomic mass is 16.1. The Morgan fingerprint density at radius 1 is 1.39 bits per heavy atom. The Morgan fingerprint density at radius 2 is 2.17 bits per heavy atom. The summed E-state index contributed by atoms with van der Waals surface area (Å²) in [6.45, 7) is 3.82. The normalized spacial score (nSPS) is 20.7. The average molecular weight is 250 g/mol. The lowest BCUT2D eigenvalue weighted by Crippen LogP contribution is -2.33. The van der Waals surface area contributed by atoms with Crippen LogP contribution in [0, 0.1) is 0 Å². The minimum atomic E-state index is 0.0209. The zero-order chi connectivity index (χ0) is 13.1. The van der Waals surface area contributed by atoms with Crippen molar-refractivity contribution in [1.29, 1.82) is 0 Å². The molecule has 0 radical (unpaired) electrons. The van der Waals surface area contributed by atoms with Gasteiger partial charge in [-0.25, -0.2) is 0 Å². The van der Waals surface area contributed by atoms with E-state index in [0.717, 1.165) is 19.6 Å². The van der Waals surface area contributed by atoms with Gasteiger partial charge in [0.05, 0.1) is 0 Å². The number of anilines is 1. The van der Waals surface area contributed by atoms with Gasteiger partial charge >= 0.3 is 0 Å². The van der Waals surface area contributed by atoms with Gasteiger partial charge in [0.2, 0.25) is 0 Å². The molecule has 100 valence electrons. The summed E-state index contributed by atoms with van der Waals surface area (Å²) in [6, 6.07) is 3.82. The van der Waals surface area contributed by atoms with Crippen LogP contribution in [-0.4, -0.2) is 54.1 Å². The predicted octanol–water partition coefficient (Wildman–Crippen LogP) is 0.0664. The highest BCUT2D eigenvalue weighted by Gasteiger charge is 2.23. The minimum Gasteiger partial charge on any atom is -0.398 e. The number of aromatic nitrogens is 1. The van der Waals surface area contributed by atoms with Crippen molar-refractivity contribution in [2.75, 3.05) is 39.5 Å². The van der Waals surface area contributed by atoms with Gasteiger partial charge in [0.1, 0.15) is 0 Å². The summed E-state index contributed by atoms with van der Waals surface area (Å²) in [5, 5.41) is 0. The second-order valence-electron chi connectivity index (χ2n) is 5.20. The van der Waals surface area contributed by atoms with Crippen LogP contribution in [0.3, 0.4) is 0 Å². The smallest absolute Gasteiger partial charge is 0.250 e. The molecule has 1 aromatic rings. The average Bonchev–Trinajstić information content (AvgIpc) is 2.79. The van der Waals surface area contributed by atoms with Crippen molar-refractivity contribution in [3.63, 3.8) is 0 Å². The van der Waals surface area contributed by atoms with E-state index in [-0.39, 0.29) is 5.56 Å². The molecule has 0 spiro atoms. The number of pyridine rings is 1. The summed E-state index contributed by atoms with van der Waals surface area (Å²) >= 11 is 0. The van der Waals surface area contributed by atoms with Crippen LogP contribution in [0.1, 0.15) is 6.42 Å². The summed E-state index contributed by atoms with van der Waals surface area (Å²) in [4.78, 5) is 16.3. The molecule has 2 N–H and O–H groups in total. The zero-order valence-corrected chi connectivity index (χ0v) is 11.2. The van der Waals surface area contributed by atoms with Crippen LogP contribution < -0.4 is 11.3 Å². The summed E-state index contributed by atoms with van der Waals surface area (Å²) in [5.74, 6) is 0. The maximum absolute atomic E-state index is 11.6. The van der Waals surface area contributed by atoms with Crippen LogP contribution in [0.15, 0.2) is 23.1 Å². The van der Waals surface area contributed by atoms with Crippen LogP contribution in [0.25, 0.3) is 0 Å². The fourth-order valence-electron chi connectivity index (χ4n) is 2.41. The van der Waals surface area contributed by atoms with Crippen molar-refractivity contribution in [3.05, 3.63) is 28.7 Å². The standard InChI is InChI=1S/C13H22N4O/c1-15(2)12-5-6-16(10-12)7-8-17-9-11(14)3-4-13(17)18/h3-4,9,12H,5-8,10,14H2,1-2H3. The molecular weight excluding hydrogens is 228 g/mol. The van der Waals surface area contributed by atoms with Crippen LogP contribution in [0.5, 0.6) is 0 Å². The summed E-state index contributed by atoms with van der Waals surface area (Å²) in [7, 11) is 4.24. The Hall–Kier alpha value is -1.33. The molecule has 18 heavy (non-hydrogen) atoms. The lowest BCUT2D eigenvalue weighted by molar-refractivity contribution is 0.262. The lowest BCUT2D eigenvalue weighted by Gasteiger charge is -2.20. The second kappa shape index (κ2) is 5.54. The molecule has 5 heteroatoms. The topological polar surface area (TPSA) is 54.5 Å². The van der Waals surface area contributed by atoms with Crippen molar-refractivity contribution < 1.29 is 0 Å². The number of rotatable bonds is 4. The third-order valence-electron chi connectivity index (χ3n) is 3.64. The number of hydrogen-bond donors (Lipinski definition) is 1. The van der Waals surface area contributed by atoms with Crippen LogP contribution in [-0.2, 0) is 6.54 Å². The van der Waals surface area contributed by atoms with Crippen LogP contribution in [0.4, 0.5) is 5.69 Å². The molecule has 0 aliphatic carbocycles. The molecule has 1 aliphatic heterocycles. The number of hydrogen-bond acceptors (Lipinski definition) is 4. The highest BCUT2D eigenvalue weighted by molar-refractivity contribution is 5.33. The monoisotopic (exact) mass is 250 g/mol. The van der Waals surface area contributed by atoms with E-state index in [0.29, 0.717) is 18.3 Å². The van der Waals surface area contributed by atoms with E-state index in [1.807, 2.05) is 0 Å². The highest BCUT2D eigenvalue weighted by Crippen LogP contribution is 2.12. The van der Waals surface area contributed by atoms with Gasteiger partial charge in [-0.05, 0) is 33.1 Å². The maximum Gasteiger partial charge on any atom is 0.250 e. The number of nitrogen functional groups attached to an aromatic ring is 1. The Kier molecular flexibility index (Phi) is 4.04. The molecule has 1 aliphatic rings. The van der Waals surface area contributed by atoms with Gasteiger partial charge in [0, 0.05) is 43.6 Å². The fourth-order valence-corrected chi connectivity index (χ4v) is 2.41. The second-order valence-corrected chi connectivity index (χ2v) is 5.20. The predicted molar refractivity (Wildman–Crippen MR) is 73.6 cm³/mol. The maximum atomic E-state index is 11.6. The first-order valence-corrected chi connectivity index (χ1v) is 6.41. The first-order chi connectivity index (χ1) is 8.56. The molecule has 1 aromatic heterocycles. The molecule has 0 aromatic carbocycles. The van der Waals surface area contributed by atoms with Crippen molar-refractivity contribution in [3.8, 4) is 0 Å².